The quantitative estimate of drug-likeness (QED) is 0.618. The zero-order valence-corrected chi connectivity index (χ0v) is 12.9. The van der Waals surface area contributed by atoms with E-state index in [1.54, 1.807) is 0 Å². The molecule has 0 aliphatic rings. The van der Waals surface area contributed by atoms with Gasteiger partial charge >= 0.3 is 0 Å². The Bertz CT molecular complexity index is 783. The van der Waals surface area contributed by atoms with Crippen LogP contribution in [0.3, 0.4) is 0 Å². The summed E-state index contributed by atoms with van der Waals surface area (Å²) in [5.41, 5.74) is 0.811. The van der Waals surface area contributed by atoms with Crippen LogP contribution in [0.1, 0.15) is 0 Å². The molecule has 0 atom stereocenters. The summed E-state index contributed by atoms with van der Waals surface area (Å²) in [6.45, 7) is 0. The molecule has 3 aromatic rings. The van der Waals surface area contributed by atoms with Crippen molar-refractivity contribution in [3.63, 3.8) is 0 Å². The van der Waals surface area contributed by atoms with Crippen molar-refractivity contribution in [2.75, 3.05) is 5.32 Å². The molecule has 102 valence electrons. The summed E-state index contributed by atoms with van der Waals surface area (Å²) in [5, 5.41) is 3.26. The highest BCUT2D eigenvalue weighted by atomic mass is 79.9. The summed E-state index contributed by atoms with van der Waals surface area (Å²) in [6, 6.07) is 7.47. The van der Waals surface area contributed by atoms with E-state index < -0.39 is 11.6 Å². The van der Waals surface area contributed by atoms with Crippen LogP contribution in [0.2, 0.25) is 5.02 Å². The molecule has 0 amide bonds. The molecule has 0 aliphatic carbocycles. The maximum atomic E-state index is 13.7. The average Bonchev–Trinajstić information content (AvgIpc) is 2.75. The molecule has 2 nitrogen and oxygen atoms in total. The summed E-state index contributed by atoms with van der Waals surface area (Å²) in [5.74, 6) is -1.47. The number of aromatic nitrogens is 1. The zero-order valence-electron chi connectivity index (χ0n) is 9.75. The number of thiazole rings is 1. The number of fused-ring (bicyclic) bond motifs is 1. The molecular formula is C13H6BrClF2N2S. The van der Waals surface area contributed by atoms with Gasteiger partial charge in [-0.1, -0.05) is 38.9 Å². The Morgan fingerprint density at radius 3 is 2.75 bits per heavy atom. The summed E-state index contributed by atoms with van der Waals surface area (Å²) in [6.07, 6.45) is 0. The lowest BCUT2D eigenvalue weighted by molar-refractivity contribution is 0.586. The van der Waals surface area contributed by atoms with E-state index in [-0.39, 0.29) is 10.7 Å². The van der Waals surface area contributed by atoms with Crippen molar-refractivity contribution in [3.05, 3.63) is 51.5 Å². The molecule has 7 heteroatoms. The van der Waals surface area contributed by atoms with Crippen LogP contribution in [0, 0.1) is 11.6 Å². The number of halogens is 4. The molecule has 1 heterocycles. The van der Waals surface area contributed by atoms with Crippen LogP contribution >= 0.6 is 38.9 Å². The van der Waals surface area contributed by atoms with Crippen LogP contribution in [-0.2, 0) is 0 Å². The van der Waals surface area contributed by atoms with Gasteiger partial charge in [-0.05, 0) is 24.3 Å². The molecular weight excluding hydrogens is 370 g/mol. The second-order valence-electron chi connectivity index (χ2n) is 4.00. The average molecular weight is 376 g/mol. The Balaban J connectivity index is 2.01. The topological polar surface area (TPSA) is 24.9 Å². The highest BCUT2D eigenvalue weighted by Gasteiger charge is 2.12. The van der Waals surface area contributed by atoms with Crippen LogP contribution in [0.15, 0.2) is 34.8 Å². The predicted octanol–water partition coefficient (Wildman–Crippen LogP) is 5.73. The zero-order chi connectivity index (χ0) is 14.3. The smallest absolute Gasteiger partial charge is 0.188 e. The van der Waals surface area contributed by atoms with Crippen LogP contribution in [0.5, 0.6) is 0 Å². The molecule has 2 aromatic carbocycles. The van der Waals surface area contributed by atoms with Gasteiger partial charge in [0.1, 0.15) is 5.82 Å². The van der Waals surface area contributed by atoms with Crippen LogP contribution in [0.4, 0.5) is 19.6 Å². The van der Waals surface area contributed by atoms with Crippen molar-refractivity contribution in [2.24, 2.45) is 0 Å². The van der Waals surface area contributed by atoms with Gasteiger partial charge in [0.2, 0.25) is 0 Å². The number of nitrogens with one attached hydrogen (secondary N) is 1. The second kappa shape index (κ2) is 5.27. The molecule has 0 fully saturated rings. The van der Waals surface area contributed by atoms with Gasteiger partial charge in [0.25, 0.3) is 0 Å². The van der Waals surface area contributed by atoms with Crippen LogP contribution < -0.4 is 5.32 Å². The number of hydrogen-bond donors (Lipinski definition) is 1. The molecule has 0 saturated heterocycles. The first kappa shape index (κ1) is 13.7. The Hall–Kier alpha value is -1.24. The summed E-state index contributed by atoms with van der Waals surface area (Å²) < 4.78 is 28.6. The first-order valence-corrected chi connectivity index (χ1v) is 7.49. The van der Waals surface area contributed by atoms with Gasteiger partial charge < -0.3 is 5.32 Å². The van der Waals surface area contributed by atoms with Crippen LogP contribution in [-0.4, -0.2) is 4.98 Å². The normalized spacial score (nSPS) is 11.0. The van der Waals surface area contributed by atoms with E-state index in [4.69, 9.17) is 11.6 Å². The summed E-state index contributed by atoms with van der Waals surface area (Å²) in [7, 11) is 0. The van der Waals surface area contributed by atoms with Crippen molar-refractivity contribution in [3.8, 4) is 0 Å². The van der Waals surface area contributed by atoms with E-state index in [0.29, 0.717) is 5.13 Å². The monoisotopic (exact) mass is 374 g/mol. The minimum absolute atomic E-state index is 0.0196. The molecule has 0 radical (unpaired) electrons. The maximum absolute atomic E-state index is 13.7. The Labute approximate surface area is 130 Å². The molecule has 0 spiro atoms. The van der Waals surface area contributed by atoms with Crippen molar-refractivity contribution in [1.29, 1.82) is 0 Å². The number of anilines is 2. The molecule has 20 heavy (non-hydrogen) atoms. The Kier molecular flexibility index (Phi) is 3.62. The number of rotatable bonds is 2. The lowest BCUT2D eigenvalue weighted by Crippen LogP contribution is -1.95. The highest BCUT2D eigenvalue weighted by Crippen LogP contribution is 2.34. The first-order chi connectivity index (χ1) is 9.52. The summed E-state index contributed by atoms with van der Waals surface area (Å²) in [4.78, 5) is 4.32. The minimum Gasteiger partial charge on any atom is -0.328 e. The fraction of sp³-hybridized carbons (Fsp3) is 0. The van der Waals surface area contributed by atoms with E-state index in [1.165, 1.54) is 11.3 Å². The van der Waals surface area contributed by atoms with E-state index in [0.717, 1.165) is 26.8 Å². The van der Waals surface area contributed by atoms with Gasteiger partial charge in [0.15, 0.2) is 10.9 Å². The SMILES string of the molecule is Fc1cc(F)c(Nc2nc3ccc(Br)cc3s2)c(Cl)c1. The van der Waals surface area contributed by atoms with E-state index in [2.05, 4.69) is 26.2 Å². The van der Waals surface area contributed by atoms with Gasteiger partial charge in [-0.3, -0.25) is 0 Å². The minimum atomic E-state index is -0.754. The molecule has 3 rings (SSSR count). The van der Waals surface area contributed by atoms with Crippen molar-refractivity contribution in [1.82, 2.24) is 4.98 Å². The molecule has 1 aromatic heterocycles. The molecule has 0 unspecified atom stereocenters. The third-order valence-corrected chi connectivity index (χ3v) is 4.31. The standard InChI is InChI=1S/C13H6BrClF2N2S/c14-6-1-2-10-11(3-6)20-13(18-10)19-12-8(15)4-7(16)5-9(12)17/h1-5H,(H,18,19). The lowest BCUT2D eigenvalue weighted by Gasteiger charge is -2.06. The van der Waals surface area contributed by atoms with Gasteiger partial charge in [0, 0.05) is 10.5 Å². The van der Waals surface area contributed by atoms with Gasteiger partial charge in [0.05, 0.1) is 20.9 Å². The maximum Gasteiger partial charge on any atom is 0.188 e. The molecule has 0 saturated carbocycles. The second-order valence-corrected chi connectivity index (χ2v) is 6.35. The fourth-order valence-corrected chi connectivity index (χ4v) is 3.38. The highest BCUT2D eigenvalue weighted by molar-refractivity contribution is 9.10. The Morgan fingerprint density at radius 2 is 2.00 bits per heavy atom. The fourth-order valence-electron chi connectivity index (χ4n) is 1.72. The van der Waals surface area contributed by atoms with Crippen molar-refractivity contribution >= 4 is 59.9 Å². The van der Waals surface area contributed by atoms with Crippen molar-refractivity contribution < 1.29 is 8.78 Å². The summed E-state index contributed by atoms with van der Waals surface area (Å²) >= 11 is 10.6. The molecule has 1 N–H and O–H groups in total. The third-order valence-electron chi connectivity index (χ3n) is 2.59. The molecule has 0 aliphatic heterocycles. The largest absolute Gasteiger partial charge is 0.328 e. The van der Waals surface area contributed by atoms with E-state index in [9.17, 15) is 8.78 Å². The van der Waals surface area contributed by atoms with Gasteiger partial charge in [-0.15, -0.1) is 0 Å². The molecule has 0 bridgehead atoms. The van der Waals surface area contributed by atoms with Crippen LogP contribution in [0.25, 0.3) is 10.2 Å². The number of hydrogen-bond acceptors (Lipinski definition) is 3. The number of nitrogens with zero attached hydrogens (tertiary/aromatic N) is 1. The van der Waals surface area contributed by atoms with Crippen molar-refractivity contribution in [2.45, 2.75) is 0 Å². The Morgan fingerprint density at radius 1 is 1.20 bits per heavy atom. The van der Waals surface area contributed by atoms with Gasteiger partial charge in [-0.25, -0.2) is 13.8 Å². The van der Waals surface area contributed by atoms with E-state index in [1.807, 2.05) is 18.2 Å². The predicted molar refractivity (Wildman–Crippen MR) is 82.0 cm³/mol. The van der Waals surface area contributed by atoms with E-state index >= 15 is 0 Å². The number of benzene rings is 2. The lowest BCUT2D eigenvalue weighted by atomic mass is 10.3. The third kappa shape index (κ3) is 2.63. The first-order valence-electron chi connectivity index (χ1n) is 5.50. The van der Waals surface area contributed by atoms with Gasteiger partial charge in [-0.2, -0.15) is 0 Å².